The first-order valence-electron chi connectivity index (χ1n) is 23.7. The first kappa shape index (κ1) is 46.5. The second-order valence-electron chi connectivity index (χ2n) is 21.0. The third-order valence-electron chi connectivity index (χ3n) is 15.8. The van der Waals surface area contributed by atoms with Crippen molar-refractivity contribution >= 4 is 35.0 Å². The summed E-state index contributed by atoms with van der Waals surface area (Å²) in [5.74, 6) is -2.81. The largest absolute Gasteiger partial charge is 0.482 e. The Labute approximate surface area is 396 Å². The summed E-state index contributed by atoms with van der Waals surface area (Å²) in [5.41, 5.74) is 1.54. The number of esters is 1. The van der Waals surface area contributed by atoms with Gasteiger partial charge in [0.15, 0.2) is 22.8 Å². The number of carbonyl (C=O) groups excluding carboxylic acids is 3. The van der Waals surface area contributed by atoms with Crippen LogP contribution in [0.2, 0.25) is 0 Å². The summed E-state index contributed by atoms with van der Waals surface area (Å²) in [7, 11) is 1.30. The maximum Gasteiger partial charge on any atom is 0.333 e. The van der Waals surface area contributed by atoms with Crippen LogP contribution in [0.3, 0.4) is 0 Å². The Morgan fingerprint density at radius 1 is 0.926 bits per heavy atom. The van der Waals surface area contributed by atoms with E-state index in [0.29, 0.717) is 69.8 Å². The molecule has 2 aromatic carbocycles. The number of carbonyl (C=O) groups is 3. The van der Waals surface area contributed by atoms with E-state index in [4.69, 9.17) is 33.4 Å². The first-order valence-corrected chi connectivity index (χ1v) is 23.7. The van der Waals surface area contributed by atoms with Crippen molar-refractivity contribution in [1.82, 2.24) is 0 Å². The topological polar surface area (TPSA) is 200 Å². The minimum Gasteiger partial charge on any atom is -0.482 e. The maximum absolute atomic E-state index is 15.9. The number of aliphatic hydroxyl groups excluding tert-OH is 4. The molecule has 14 heteroatoms. The molecule has 14 nitrogen and oxygen atoms in total. The number of Topliss-reactive ketones (excluding diaryl/α,β-unsaturated/α-hetero) is 2. The molecule has 4 aliphatic carbocycles. The van der Waals surface area contributed by atoms with Crippen LogP contribution >= 0.6 is 0 Å². The van der Waals surface area contributed by atoms with Crippen molar-refractivity contribution in [2.24, 2.45) is 28.7 Å². The van der Waals surface area contributed by atoms with E-state index in [1.54, 1.807) is 19.1 Å². The normalized spacial score (nSPS) is 35.2. The van der Waals surface area contributed by atoms with Gasteiger partial charge in [-0.2, -0.15) is 0 Å². The van der Waals surface area contributed by atoms with Crippen LogP contribution in [0.4, 0.5) is 0 Å². The number of methoxy groups -OCH3 is 1. The maximum atomic E-state index is 15.9. The fourth-order valence-corrected chi connectivity index (χ4v) is 12.6. The first-order chi connectivity index (χ1) is 32.2. The summed E-state index contributed by atoms with van der Waals surface area (Å²) < 4.78 is 40.3. The zero-order valence-electron chi connectivity index (χ0n) is 40.0. The molecule has 2 aromatic rings. The lowest BCUT2D eigenvalue weighted by atomic mass is 9.43. The Balaban J connectivity index is 1.32. The van der Waals surface area contributed by atoms with Gasteiger partial charge in [-0.25, -0.2) is 4.79 Å². The van der Waals surface area contributed by atoms with Crippen LogP contribution in [0.15, 0.2) is 75.9 Å². The van der Waals surface area contributed by atoms with Gasteiger partial charge < -0.3 is 48.8 Å². The molecular formula is C54H61NO13. The average Bonchev–Trinajstić information content (AvgIpc) is 3.66. The highest BCUT2D eigenvalue weighted by atomic mass is 16.7. The molecule has 0 radical (unpaired) electrons. The van der Waals surface area contributed by atoms with Gasteiger partial charge in [-0.15, -0.1) is 0 Å². The third-order valence-corrected chi connectivity index (χ3v) is 15.8. The van der Waals surface area contributed by atoms with Gasteiger partial charge in [0.25, 0.3) is 0 Å². The molecule has 4 bridgehead atoms. The predicted molar refractivity (Wildman–Crippen MR) is 250 cm³/mol. The molecule has 5 heterocycles. The minimum atomic E-state index is -1.78. The second kappa shape index (κ2) is 16.2. The van der Waals surface area contributed by atoms with Gasteiger partial charge in [-0.3, -0.25) is 14.6 Å². The lowest BCUT2D eigenvalue weighted by Gasteiger charge is -2.62. The van der Waals surface area contributed by atoms with E-state index >= 15 is 4.79 Å². The van der Waals surface area contributed by atoms with Crippen molar-refractivity contribution in [3.8, 4) is 17.2 Å². The number of hydrogen-bond acceptors (Lipinski definition) is 14. The lowest BCUT2D eigenvalue weighted by molar-refractivity contribution is -0.277. The third kappa shape index (κ3) is 6.50. The van der Waals surface area contributed by atoms with E-state index in [1.165, 1.54) is 12.7 Å². The Bertz CT molecular complexity index is 2730. The van der Waals surface area contributed by atoms with Gasteiger partial charge in [-0.1, -0.05) is 53.6 Å². The number of rotatable bonds is 11. The molecule has 5 fully saturated rings. The molecule has 0 aromatic heterocycles. The van der Waals surface area contributed by atoms with Gasteiger partial charge in [0.1, 0.15) is 47.3 Å². The number of allylic oxidation sites excluding steroid dienone is 4. The van der Waals surface area contributed by atoms with Crippen molar-refractivity contribution < 1.29 is 63.2 Å². The van der Waals surface area contributed by atoms with Crippen LogP contribution in [-0.2, 0) is 30.2 Å². The number of aliphatic imine (C=N–C) groups is 1. The second-order valence-corrected chi connectivity index (χ2v) is 21.0. The predicted octanol–water partition coefficient (Wildman–Crippen LogP) is 6.33. The number of fused-ring (bicyclic) bond motifs is 6. The highest BCUT2D eigenvalue weighted by molar-refractivity contribution is 6.31. The van der Waals surface area contributed by atoms with Crippen LogP contribution in [0.5, 0.6) is 17.2 Å². The fraction of sp³-hybridized carbons (Fsp3) is 0.519. The van der Waals surface area contributed by atoms with Gasteiger partial charge in [0.2, 0.25) is 6.29 Å². The Hall–Kier alpha value is -5.22. The van der Waals surface area contributed by atoms with E-state index in [1.807, 2.05) is 78.8 Å². The van der Waals surface area contributed by atoms with Crippen LogP contribution < -0.4 is 14.2 Å². The standard InChI is InChI=1S/C54H61NO13/c1-25(2)13-12-20-52(8)21-19-31-45(66-52)30(17-16-26(3)4)47-37(46(31)65-50-44(60)43(59)42(58)33(24-56)64-50)40-38-35(36-39(55-40)28-14-10-11-15-29(28)41(36)57)32-23-34-51(6,7)68-53(48(32)61,54(34,38)67-47)22-18-27(5)49(62)63-9/h10-11,13-16,18-19,21,32-36,42-44,50,56,58-60H,12,17,20,22-24H2,1-9H3/t32?,33-,34?,35?,36?,42-,43+,44-,50+,52?,53?,54?/m1/s1. The Morgan fingerprint density at radius 3 is 2.34 bits per heavy atom. The van der Waals surface area contributed by atoms with Crippen molar-refractivity contribution in [2.75, 3.05) is 13.7 Å². The summed E-state index contributed by atoms with van der Waals surface area (Å²) >= 11 is 0. The highest BCUT2D eigenvalue weighted by Crippen LogP contribution is 2.74. The van der Waals surface area contributed by atoms with Crippen LogP contribution in [0, 0.1) is 23.7 Å². The molecule has 5 aliphatic heterocycles. The molecule has 3 saturated carbocycles. The summed E-state index contributed by atoms with van der Waals surface area (Å²) in [6.07, 6.45) is 3.61. The Morgan fingerprint density at radius 2 is 1.65 bits per heavy atom. The SMILES string of the molecule is COC(=O)C(C)=CCC12OC(C)(C)C3CC(C1=O)C1C4=C(N=C5c6ccccc6C(=O)C51)c1c(O[C@@H]5O[C@H](CO)[C@@H](O)[C@H](O)[C@H]5O)c5c(c(CC=C(C)C)c1OC432)OC(C)(CCC=C(C)C)C=C5. The molecule has 4 N–H and O–H groups in total. The smallest absolute Gasteiger partial charge is 0.333 e. The number of hydrogen-bond donors (Lipinski definition) is 4. The Kier molecular flexibility index (Phi) is 11.1. The number of benzene rings is 2. The van der Waals surface area contributed by atoms with Gasteiger partial charge in [0, 0.05) is 52.0 Å². The van der Waals surface area contributed by atoms with E-state index in [-0.39, 0.29) is 35.1 Å². The van der Waals surface area contributed by atoms with E-state index in [0.717, 1.165) is 12.0 Å². The molecular weight excluding hydrogens is 871 g/mol. The molecule has 11 rings (SSSR count). The lowest BCUT2D eigenvalue weighted by Crippen LogP contribution is -2.75. The number of nitrogens with zero attached hydrogens (tertiary/aromatic N) is 1. The van der Waals surface area contributed by atoms with Crippen LogP contribution in [0.25, 0.3) is 11.8 Å². The molecule has 68 heavy (non-hydrogen) atoms. The van der Waals surface area contributed by atoms with E-state index in [2.05, 4.69) is 12.2 Å². The summed E-state index contributed by atoms with van der Waals surface area (Å²) in [6.45, 7) is 14.9. The van der Waals surface area contributed by atoms with Crippen molar-refractivity contribution in [3.05, 3.63) is 98.7 Å². The number of aliphatic hydroxyl groups is 4. The summed E-state index contributed by atoms with van der Waals surface area (Å²) in [6, 6.07) is 7.34. The highest BCUT2D eigenvalue weighted by Gasteiger charge is 2.84. The van der Waals surface area contributed by atoms with Crippen molar-refractivity contribution in [1.29, 1.82) is 0 Å². The van der Waals surface area contributed by atoms with Crippen molar-refractivity contribution in [3.63, 3.8) is 0 Å². The quantitative estimate of drug-likeness (QED) is 0.111. The monoisotopic (exact) mass is 931 g/mol. The van der Waals surface area contributed by atoms with Crippen molar-refractivity contribution in [2.45, 2.75) is 141 Å². The van der Waals surface area contributed by atoms with E-state index < -0.39 is 89.4 Å². The van der Waals surface area contributed by atoms with Gasteiger partial charge in [0.05, 0.1) is 47.8 Å². The average molecular weight is 932 g/mol. The molecule has 0 amide bonds. The van der Waals surface area contributed by atoms with Gasteiger partial charge in [-0.05, 0) is 93.2 Å². The zero-order valence-corrected chi connectivity index (χ0v) is 40.0. The van der Waals surface area contributed by atoms with Crippen LogP contribution in [0.1, 0.15) is 114 Å². The summed E-state index contributed by atoms with van der Waals surface area (Å²) in [5, 5.41) is 43.8. The summed E-state index contributed by atoms with van der Waals surface area (Å²) in [4.78, 5) is 49.3. The molecule has 1 spiro atoms. The van der Waals surface area contributed by atoms with E-state index in [9.17, 15) is 30.0 Å². The molecule has 2 saturated heterocycles. The molecule has 7 unspecified atom stereocenters. The fourth-order valence-electron chi connectivity index (χ4n) is 12.6. The molecule has 360 valence electrons. The van der Waals surface area contributed by atoms with Gasteiger partial charge >= 0.3 is 5.97 Å². The molecule has 9 aliphatic rings. The zero-order chi connectivity index (χ0) is 48.6. The molecule has 12 atom stereocenters. The number of ketones is 2. The number of ether oxygens (including phenoxy) is 6. The minimum absolute atomic E-state index is 0.0540. The van der Waals surface area contributed by atoms with Crippen LogP contribution in [-0.4, -0.2) is 111 Å².